The van der Waals surface area contributed by atoms with Crippen molar-refractivity contribution in [3.8, 4) is 0 Å². The van der Waals surface area contributed by atoms with Gasteiger partial charge in [0, 0.05) is 25.7 Å². The molecule has 1 aromatic rings. The highest BCUT2D eigenvalue weighted by Gasteiger charge is 2.21. The van der Waals surface area contributed by atoms with Crippen LogP contribution in [0.15, 0.2) is 24.3 Å². The Kier molecular flexibility index (Phi) is 11.0. The van der Waals surface area contributed by atoms with Gasteiger partial charge in [0.15, 0.2) is 0 Å². The van der Waals surface area contributed by atoms with E-state index in [1.165, 1.54) is 6.92 Å². The summed E-state index contributed by atoms with van der Waals surface area (Å²) >= 11 is 0. The zero-order chi connectivity index (χ0) is 24.1. The van der Waals surface area contributed by atoms with Crippen LogP contribution in [0.4, 0.5) is 15.3 Å². The Morgan fingerprint density at radius 3 is 2.25 bits per heavy atom. The number of hydrogen-bond donors (Lipinski definition) is 4. The van der Waals surface area contributed by atoms with E-state index in [4.69, 9.17) is 9.47 Å². The van der Waals surface area contributed by atoms with Crippen LogP contribution in [0.25, 0.3) is 0 Å². The van der Waals surface area contributed by atoms with Crippen LogP contribution in [0.1, 0.15) is 53.0 Å². The standard InChI is InChI=1S/C22H34N4O6/c1-6-31-19(28)18(8-7-13-23-15(2)27)26-20(29)24-14-16-9-11-17(12-10-16)25-21(30)32-22(3,4)5/h9-12,18H,6-8,13-14H2,1-5H3,(H,23,27)(H,25,30)(H2,24,26,29)/t18-/m1/s1. The molecule has 0 aromatic heterocycles. The van der Waals surface area contributed by atoms with E-state index in [2.05, 4.69) is 21.3 Å². The van der Waals surface area contributed by atoms with Crippen molar-refractivity contribution < 1.29 is 28.7 Å². The molecular formula is C22H34N4O6. The van der Waals surface area contributed by atoms with Gasteiger partial charge in [-0.1, -0.05) is 12.1 Å². The van der Waals surface area contributed by atoms with Crippen molar-refractivity contribution in [1.29, 1.82) is 0 Å². The monoisotopic (exact) mass is 450 g/mol. The van der Waals surface area contributed by atoms with Crippen molar-refractivity contribution in [1.82, 2.24) is 16.0 Å². The van der Waals surface area contributed by atoms with E-state index in [1.807, 2.05) is 0 Å². The summed E-state index contributed by atoms with van der Waals surface area (Å²) in [4.78, 5) is 47.1. The van der Waals surface area contributed by atoms with Crippen LogP contribution in [0.2, 0.25) is 0 Å². The molecular weight excluding hydrogens is 416 g/mol. The first-order valence-corrected chi connectivity index (χ1v) is 10.5. The van der Waals surface area contributed by atoms with Gasteiger partial charge in [-0.05, 0) is 58.2 Å². The molecule has 4 amide bonds. The molecule has 0 bridgehead atoms. The molecule has 0 heterocycles. The predicted molar refractivity (Wildman–Crippen MR) is 120 cm³/mol. The number of esters is 1. The van der Waals surface area contributed by atoms with Crippen LogP contribution in [0.3, 0.4) is 0 Å². The summed E-state index contributed by atoms with van der Waals surface area (Å²) in [5.74, 6) is -0.682. The van der Waals surface area contributed by atoms with E-state index < -0.39 is 29.7 Å². The molecule has 0 fully saturated rings. The van der Waals surface area contributed by atoms with Gasteiger partial charge >= 0.3 is 18.1 Å². The number of benzene rings is 1. The lowest BCUT2D eigenvalue weighted by atomic mass is 10.1. The highest BCUT2D eigenvalue weighted by Crippen LogP contribution is 2.13. The Hall–Kier alpha value is -3.30. The molecule has 1 atom stereocenters. The summed E-state index contributed by atoms with van der Waals surface area (Å²) in [7, 11) is 0. The molecule has 0 saturated carbocycles. The number of amides is 4. The maximum atomic E-state index is 12.2. The normalized spacial score (nSPS) is 11.7. The highest BCUT2D eigenvalue weighted by molar-refractivity contribution is 5.85. The van der Waals surface area contributed by atoms with Crippen LogP contribution in [-0.4, -0.2) is 48.8 Å². The van der Waals surface area contributed by atoms with Gasteiger partial charge in [0.25, 0.3) is 0 Å². The second-order valence-corrected chi connectivity index (χ2v) is 8.08. The molecule has 0 aliphatic carbocycles. The van der Waals surface area contributed by atoms with E-state index in [9.17, 15) is 19.2 Å². The molecule has 178 valence electrons. The number of nitrogens with one attached hydrogen (secondary N) is 4. The molecule has 0 spiro atoms. The van der Waals surface area contributed by atoms with Gasteiger partial charge in [0.05, 0.1) is 6.61 Å². The lowest BCUT2D eigenvalue weighted by molar-refractivity contribution is -0.145. The summed E-state index contributed by atoms with van der Waals surface area (Å²) in [5, 5.41) is 10.6. The smallest absolute Gasteiger partial charge is 0.412 e. The number of urea groups is 1. The predicted octanol–water partition coefficient (Wildman–Crippen LogP) is 2.68. The van der Waals surface area contributed by atoms with Gasteiger partial charge in [-0.2, -0.15) is 0 Å². The molecule has 1 rings (SSSR count). The molecule has 0 aliphatic rings. The topological polar surface area (TPSA) is 135 Å². The molecule has 10 nitrogen and oxygen atoms in total. The fraction of sp³-hybridized carbons (Fsp3) is 0.545. The Balaban J connectivity index is 2.52. The molecule has 0 radical (unpaired) electrons. The second-order valence-electron chi connectivity index (χ2n) is 8.08. The minimum Gasteiger partial charge on any atom is -0.464 e. The van der Waals surface area contributed by atoms with E-state index in [0.29, 0.717) is 25.1 Å². The SMILES string of the molecule is CCOC(=O)[C@@H](CCCNC(C)=O)NC(=O)NCc1ccc(NC(=O)OC(C)(C)C)cc1. The largest absolute Gasteiger partial charge is 0.464 e. The van der Waals surface area contributed by atoms with Gasteiger partial charge in [0.2, 0.25) is 5.91 Å². The zero-order valence-corrected chi connectivity index (χ0v) is 19.4. The molecule has 0 unspecified atom stereocenters. The summed E-state index contributed by atoms with van der Waals surface area (Å²) in [6.45, 7) is 9.26. The van der Waals surface area contributed by atoms with Crippen LogP contribution >= 0.6 is 0 Å². The fourth-order valence-corrected chi connectivity index (χ4v) is 2.58. The summed E-state index contributed by atoms with van der Waals surface area (Å²) in [5.41, 5.74) is 0.773. The first-order chi connectivity index (χ1) is 15.0. The summed E-state index contributed by atoms with van der Waals surface area (Å²) < 4.78 is 10.2. The lowest BCUT2D eigenvalue weighted by Crippen LogP contribution is -2.46. The Morgan fingerprint density at radius 2 is 1.69 bits per heavy atom. The Labute approximate surface area is 188 Å². The number of hydrogen-bond acceptors (Lipinski definition) is 6. The quantitative estimate of drug-likeness (QED) is 0.320. The van der Waals surface area contributed by atoms with Crippen LogP contribution in [0.5, 0.6) is 0 Å². The maximum Gasteiger partial charge on any atom is 0.412 e. The van der Waals surface area contributed by atoms with Gasteiger partial charge in [-0.15, -0.1) is 0 Å². The summed E-state index contributed by atoms with van der Waals surface area (Å²) in [6, 6.07) is 5.57. The molecule has 10 heteroatoms. The van der Waals surface area contributed by atoms with Crippen LogP contribution in [0, 0.1) is 0 Å². The van der Waals surface area contributed by atoms with Crippen molar-refractivity contribution in [3.05, 3.63) is 29.8 Å². The van der Waals surface area contributed by atoms with Gasteiger partial charge < -0.3 is 25.4 Å². The minimum atomic E-state index is -0.816. The van der Waals surface area contributed by atoms with Crippen molar-refractivity contribution >= 4 is 29.7 Å². The van der Waals surface area contributed by atoms with E-state index in [0.717, 1.165) is 5.56 Å². The first-order valence-electron chi connectivity index (χ1n) is 10.5. The molecule has 0 aliphatic heterocycles. The maximum absolute atomic E-state index is 12.2. The number of carbonyl (C=O) groups is 4. The number of rotatable bonds is 10. The average molecular weight is 451 g/mol. The average Bonchev–Trinajstić information content (AvgIpc) is 2.68. The third kappa shape index (κ3) is 11.8. The van der Waals surface area contributed by atoms with E-state index >= 15 is 0 Å². The number of carbonyl (C=O) groups excluding carboxylic acids is 4. The molecule has 0 saturated heterocycles. The van der Waals surface area contributed by atoms with E-state index in [-0.39, 0.29) is 19.1 Å². The van der Waals surface area contributed by atoms with Crippen molar-refractivity contribution in [2.24, 2.45) is 0 Å². The van der Waals surface area contributed by atoms with Crippen molar-refractivity contribution in [2.75, 3.05) is 18.5 Å². The third-order valence-electron chi connectivity index (χ3n) is 3.97. The Morgan fingerprint density at radius 1 is 1.03 bits per heavy atom. The van der Waals surface area contributed by atoms with Gasteiger partial charge in [-0.25, -0.2) is 14.4 Å². The lowest BCUT2D eigenvalue weighted by Gasteiger charge is -2.19. The number of ether oxygens (including phenoxy) is 2. The molecule has 1 aromatic carbocycles. The molecule has 4 N–H and O–H groups in total. The summed E-state index contributed by atoms with van der Waals surface area (Å²) in [6.07, 6.45) is 0.291. The van der Waals surface area contributed by atoms with Crippen LogP contribution in [-0.2, 0) is 25.6 Å². The zero-order valence-electron chi connectivity index (χ0n) is 19.4. The first kappa shape index (κ1) is 26.7. The molecule has 32 heavy (non-hydrogen) atoms. The van der Waals surface area contributed by atoms with E-state index in [1.54, 1.807) is 52.0 Å². The Bertz CT molecular complexity index is 774. The van der Waals surface area contributed by atoms with Crippen LogP contribution < -0.4 is 21.3 Å². The van der Waals surface area contributed by atoms with Crippen molar-refractivity contribution in [3.63, 3.8) is 0 Å². The second kappa shape index (κ2) is 13.2. The number of anilines is 1. The fourth-order valence-electron chi connectivity index (χ4n) is 2.58. The van der Waals surface area contributed by atoms with Gasteiger partial charge in [0.1, 0.15) is 11.6 Å². The minimum absolute atomic E-state index is 0.157. The van der Waals surface area contributed by atoms with Crippen molar-refractivity contribution in [2.45, 2.75) is 65.6 Å². The van der Waals surface area contributed by atoms with Gasteiger partial charge in [-0.3, -0.25) is 10.1 Å². The third-order valence-corrected chi connectivity index (χ3v) is 3.97. The highest BCUT2D eigenvalue weighted by atomic mass is 16.6.